The number of benzene rings is 2. The van der Waals surface area contributed by atoms with E-state index in [0.717, 1.165) is 4.47 Å². The predicted octanol–water partition coefficient (Wildman–Crippen LogP) is 2.92. The van der Waals surface area contributed by atoms with Gasteiger partial charge in [0.25, 0.3) is 5.91 Å². The van der Waals surface area contributed by atoms with Crippen LogP contribution in [0.25, 0.3) is 0 Å². The molecular formula is C18H15BrClN3O3. The van der Waals surface area contributed by atoms with Crippen molar-refractivity contribution in [1.29, 1.82) is 0 Å². The van der Waals surface area contributed by atoms with Gasteiger partial charge in [0.05, 0.1) is 5.92 Å². The van der Waals surface area contributed by atoms with E-state index in [0.29, 0.717) is 16.3 Å². The van der Waals surface area contributed by atoms with Gasteiger partial charge in [-0.3, -0.25) is 25.2 Å². The lowest BCUT2D eigenvalue weighted by atomic mass is 10.1. The van der Waals surface area contributed by atoms with Crippen LogP contribution in [0.2, 0.25) is 5.02 Å². The molecule has 0 bridgehead atoms. The van der Waals surface area contributed by atoms with Crippen LogP contribution in [0.5, 0.6) is 0 Å². The van der Waals surface area contributed by atoms with Gasteiger partial charge in [0.2, 0.25) is 11.8 Å². The average Bonchev–Trinajstić information content (AvgIpc) is 3.02. The molecule has 0 aromatic heterocycles. The molecule has 1 aliphatic rings. The summed E-state index contributed by atoms with van der Waals surface area (Å²) < 4.78 is 0.852. The van der Waals surface area contributed by atoms with E-state index < -0.39 is 17.7 Å². The second-order valence-electron chi connectivity index (χ2n) is 5.83. The summed E-state index contributed by atoms with van der Waals surface area (Å²) in [6.07, 6.45) is 0.0859. The smallest absolute Gasteiger partial charge is 0.269 e. The molecule has 0 saturated carbocycles. The summed E-state index contributed by atoms with van der Waals surface area (Å²) in [5, 5.41) is 0.574. The molecule has 2 aromatic rings. The Balaban J connectivity index is 1.57. The highest BCUT2D eigenvalue weighted by atomic mass is 79.9. The Labute approximate surface area is 163 Å². The largest absolute Gasteiger partial charge is 0.312 e. The van der Waals surface area contributed by atoms with Gasteiger partial charge in [0.15, 0.2) is 0 Å². The SMILES string of the molecule is O=C(NNC(=O)[C@@H]1CC(=O)N(c2ccc(Cl)cc2)C1)c1ccc(Br)cc1. The third-order valence-corrected chi connectivity index (χ3v) is 4.82. The molecule has 0 radical (unpaired) electrons. The summed E-state index contributed by atoms with van der Waals surface area (Å²) >= 11 is 9.14. The molecule has 3 amide bonds. The average molecular weight is 437 g/mol. The number of hydrogen-bond donors (Lipinski definition) is 2. The lowest BCUT2D eigenvalue weighted by Gasteiger charge is -2.17. The summed E-state index contributed by atoms with van der Waals surface area (Å²) in [4.78, 5) is 38.0. The number of halogens is 2. The first-order valence-corrected chi connectivity index (χ1v) is 9.03. The van der Waals surface area contributed by atoms with E-state index in [-0.39, 0.29) is 18.9 Å². The lowest BCUT2D eigenvalue weighted by molar-refractivity contribution is -0.126. The van der Waals surface area contributed by atoms with Gasteiger partial charge in [-0.2, -0.15) is 0 Å². The fourth-order valence-electron chi connectivity index (χ4n) is 2.65. The highest BCUT2D eigenvalue weighted by molar-refractivity contribution is 9.10. The van der Waals surface area contributed by atoms with Gasteiger partial charge in [-0.05, 0) is 48.5 Å². The van der Waals surface area contributed by atoms with E-state index in [4.69, 9.17) is 11.6 Å². The van der Waals surface area contributed by atoms with Crippen LogP contribution in [-0.2, 0) is 9.59 Å². The van der Waals surface area contributed by atoms with Crippen LogP contribution >= 0.6 is 27.5 Å². The van der Waals surface area contributed by atoms with Gasteiger partial charge in [0.1, 0.15) is 0 Å². The molecule has 1 atom stereocenters. The quantitative estimate of drug-likeness (QED) is 0.726. The van der Waals surface area contributed by atoms with Crippen molar-refractivity contribution in [3.05, 3.63) is 63.6 Å². The molecule has 2 N–H and O–H groups in total. The van der Waals surface area contributed by atoms with E-state index in [2.05, 4.69) is 26.8 Å². The summed E-state index contributed by atoms with van der Waals surface area (Å²) in [5.41, 5.74) is 5.86. The second-order valence-corrected chi connectivity index (χ2v) is 7.18. The first-order valence-electron chi connectivity index (χ1n) is 7.86. The topological polar surface area (TPSA) is 78.5 Å². The van der Waals surface area contributed by atoms with Gasteiger partial charge in [-0.1, -0.05) is 27.5 Å². The normalized spacial score (nSPS) is 16.5. The zero-order chi connectivity index (χ0) is 18.7. The third-order valence-electron chi connectivity index (χ3n) is 4.04. The van der Waals surface area contributed by atoms with E-state index in [9.17, 15) is 14.4 Å². The predicted molar refractivity (Wildman–Crippen MR) is 102 cm³/mol. The van der Waals surface area contributed by atoms with Gasteiger partial charge in [-0.25, -0.2) is 0 Å². The van der Waals surface area contributed by atoms with E-state index >= 15 is 0 Å². The monoisotopic (exact) mass is 435 g/mol. The second kappa shape index (κ2) is 7.88. The molecule has 1 saturated heterocycles. The van der Waals surface area contributed by atoms with Crippen LogP contribution in [-0.4, -0.2) is 24.3 Å². The van der Waals surface area contributed by atoms with Gasteiger partial charge in [-0.15, -0.1) is 0 Å². The number of hydrogen-bond acceptors (Lipinski definition) is 3. The molecular weight excluding hydrogens is 422 g/mol. The van der Waals surface area contributed by atoms with Crippen molar-refractivity contribution < 1.29 is 14.4 Å². The molecule has 8 heteroatoms. The molecule has 26 heavy (non-hydrogen) atoms. The number of carbonyl (C=O) groups excluding carboxylic acids is 3. The van der Waals surface area contributed by atoms with Crippen molar-refractivity contribution in [1.82, 2.24) is 10.9 Å². The summed E-state index contributed by atoms with van der Waals surface area (Å²) in [7, 11) is 0. The number of hydrazine groups is 1. The molecule has 0 spiro atoms. The van der Waals surface area contributed by atoms with E-state index in [1.807, 2.05) is 0 Å². The number of amides is 3. The van der Waals surface area contributed by atoms with E-state index in [1.165, 1.54) is 4.90 Å². The third kappa shape index (κ3) is 4.23. The molecule has 134 valence electrons. The van der Waals surface area contributed by atoms with Crippen molar-refractivity contribution in [2.75, 3.05) is 11.4 Å². The van der Waals surface area contributed by atoms with E-state index in [1.54, 1.807) is 48.5 Å². The molecule has 1 fully saturated rings. The first kappa shape index (κ1) is 18.4. The van der Waals surface area contributed by atoms with Crippen molar-refractivity contribution in [3.8, 4) is 0 Å². The Bertz CT molecular complexity index is 840. The Morgan fingerprint density at radius 1 is 1.04 bits per heavy atom. The maximum atomic E-state index is 12.3. The van der Waals surface area contributed by atoms with Gasteiger partial charge in [0, 0.05) is 33.7 Å². The number of nitrogens with zero attached hydrogens (tertiary/aromatic N) is 1. The van der Waals surface area contributed by atoms with Crippen LogP contribution in [0.15, 0.2) is 53.0 Å². The number of anilines is 1. The number of rotatable bonds is 3. The Hall–Kier alpha value is -2.38. The van der Waals surface area contributed by atoms with Crippen molar-refractivity contribution in [2.45, 2.75) is 6.42 Å². The van der Waals surface area contributed by atoms with Crippen LogP contribution in [0.1, 0.15) is 16.8 Å². The maximum absolute atomic E-state index is 12.3. The van der Waals surface area contributed by atoms with Crippen LogP contribution in [0.3, 0.4) is 0 Å². The minimum absolute atomic E-state index is 0.0859. The number of nitrogens with one attached hydrogen (secondary N) is 2. The Morgan fingerprint density at radius 3 is 2.35 bits per heavy atom. The molecule has 1 aliphatic heterocycles. The Kier molecular flexibility index (Phi) is 5.58. The number of carbonyl (C=O) groups is 3. The summed E-state index contributed by atoms with van der Waals surface area (Å²) in [6, 6.07) is 13.6. The highest BCUT2D eigenvalue weighted by Gasteiger charge is 2.35. The minimum atomic E-state index is -0.539. The first-order chi connectivity index (χ1) is 12.4. The van der Waals surface area contributed by atoms with Crippen molar-refractivity contribution in [3.63, 3.8) is 0 Å². The van der Waals surface area contributed by atoms with Crippen molar-refractivity contribution in [2.24, 2.45) is 5.92 Å². The molecule has 1 heterocycles. The summed E-state index contributed by atoms with van der Waals surface area (Å²) in [6.45, 7) is 0.250. The molecule has 6 nitrogen and oxygen atoms in total. The van der Waals surface area contributed by atoms with Crippen LogP contribution < -0.4 is 15.8 Å². The zero-order valence-corrected chi connectivity index (χ0v) is 15.9. The Morgan fingerprint density at radius 2 is 1.69 bits per heavy atom. The van der Waals surface area contributed by atoms with Gasteiger partial charge >= 0.3 is 0 Å². The molecule has 0 unspecified atom stereocenters. The van der Waals surface area contributed by atoms with Crippen LogP contribution in [0.4, 0.5) is 5.69 Å². The minimum Gasteiger partial charge on any atom is -0.312 e. The fraction of sp³-hybridized carbons (Fsp3) is 0.167. The van der Waals surface area contributed by atoms with Gasteiger partial charge < -0.3 is 4.90 Å². The standard InChI is InChI=1S/C18H15BrClN3O3/c19-13-3-1-11(2-4-13)17(25)21-22-18(26)12-9-16(24)23(10-12)15-7-5-14(20)6-8-15/h1-8,12H,9-10H2,(H,21,25)(H,22,26)/t12-/m1/s1. The van der Waals surface area contributed by atoms with Crippen molar-refractivity contribution >= 4 is 50.9 Å². The van der Waals surface area contributed by atoms with Crippen LogP contribution in [0, 0.1) is 5.92 Å². The maximum Gasteiger partial charge on any atom is 0.269 e. The highest BCUT2D eigenvalue weighted by Crippen LogP contribution is 2.26. The molecule has 2 aromatic carbocycles. The summed E-state index contributed by atoms with van der Waals surface area (Å²) in [5.74, 6) is -1.51. The fourth-order valence-corrected chi connectivity index (χ4v) is 3.04. The molecule has 0 aliphatic carbocycles. The zero-order valence-electron chi connectivity index (χ0n) is 13.5. The lowest BCUT2D eigenvalue weighted by Crippen LogP contribution is -2.45. The molecule has 3 rings (SSSR count).